The molecule has 1 aliphatic heterocycles. The lowest BCUT2D eigenvalue weighted by atomic mass is 9.78. The van der Waals surface area contributed by atoms with Crippen molar-refractivity contribution in [1.82, 2.24) is 10.2 Å². The van der Waals surface area contributed by atoms with Gasteiger partial charge in [-0.3, -0.25) is 4.99 Å². The molecule has 19 heavy (non-hydrogen) atoms. The van der Waals surface area contributed by atoms with Gasteiger partial charge in [0.2, 0.25) is 0 Å². The van der Waals surface area contributed by atoms with Gasteiger partial charge in [-0.2, -0.15) is 0 Å². The first-order valence-electron chi connectivity index (χ1n) is 7.46. The first kappa shape index (κ1) is 15.2. The molecule has 3 nitrogen and oxygen atoms in total. The normalized spacial score (nSPS) is 34.2. The Labute approximate surface area is 122 Å². The maximum Gasteiger partial charge on any atom is 0.157 e. The molecule has 2 atom stereocenters. The van der Waals surface area contributed by atoms with Gasteiger partial charge in [0.15, 0.2) is 5.17 Å². The van der Waals surface area contributed by atoms with Crippen LogP contribution < -0.4 is 5.32 Å². The van der Waals surface area contributed by atoms with E-state index < -0.39 is 0 Å². The van der Waals surface area contributed by atoms with Crippen molar-refractivity contribution in [3.05, 3.63) is 0 Å². The van der Waals surface area contributed by atoms with Gasteiger partial charge in [0.25, 0.3) is 0 Å². The van der Waals surface area contributed by atoms with Crippen molar-refractivity contribution in [3.8, 4) is 0 Å². The number of aliphatic imine (C=N–C) groups is 1. The molecule has 4 heteroatoms. The molecule has 1 aliphatic carbocycles. The number of hydrogen-bond acceptors (Lipinski definition) is 3. The number of rotatable bonds is 3. The molecule has 2 fully saturated rings. The molecule has 0 radical (unpaired) electrons. The van der Waals surface area contributed by atoms with Gasteiger partial charge in [-0.25, -0.2) is 0 Å². The van der Waals surface area contributed by atoms with Gasteiger partial charge in [0.05, 0.1) is 6.54 Å². The fourth-order valence-electron chi connectivity index (χ4n) is 2.90. The first-order valence-corrected chi connectivity index (χ1v) is 8.44. The van der Waals surface area contributed by atoms with E-state index in [4.69, 9.17) is 4.99 Å². The molecule has 0 aromatic rings. The summed E-state index contributed by atoms with van der Waals surface area (Å²) in [6.45, 7) is 7.74. The maximum absolute atomic E-state index is 4.82. The molecular weight excluding hydrogens is 254 g/mol. The number of likely N-dealkylation sites (N-methyl/N-ethyl adjacent to an activating group) is 1. The van der Waals surface area contributed by atoms with Gasteiger partial charge >= 0.3 is 0 Å². The Bertz CT molecular complexity index is 351. The Balaban J connectivity index is 1.94. The first-order chi connectivity index (χ1) is 8.83. The minimum atomic E-state index is 0.130. The third-order valence-electron chi connectivity index (χ3n) is 4.77. The molecule has 1 N–H and O–H groups in total. The van der Waals surface area contributed by atoms with Crippen LogP contribution >= 0.6 is 11.8 Å². The van der Waals surface area contributed by atoms with Crippen LogP contribution in [0, 0.1) is 5.92 Å². The lowest BCUT2D eigenvalue weighted by molar-refractivity contribution is 0.204. The van der Waals surface area contributed by atoms with E-state index in [-0.39, 0.29) is 5.54 Å². The van der Waals surface area contributed by atoms with Crippen molar-refractivity contribution in [1.29, 1.82) is 0 Å². The molecule has 2 unspecified atom stereocenters. The number of hydrogen-bond donors (Lipinski definition) is 1. The van der Waals surface area contributed by atoms with Gasteiger partial charge in [-0.15, -0.1) is 0 Å². The topological polar surface area (TPSA) is 27.6 Å². The molecule has 2 rings (SSSR count). The van der Waals surface area contributed by atoms with E-state index in [1.807, 2.05) is 11.8 Å². The fraction of sp³-hybridized carbons (Fsp3) is 0.933. The highest BCUT2D eigenvalue weighted by Gasteiger charge is 2.40. The average molecular weight is 283 g/mol. The lowest BCUT2D eigenvalue weighted by Crippen LogP contribution is -2.47. The monoisotopic (exact) mass is 283 g/mol. The van der Waals surface area contributed by atoms with Crippen LogP contribution in [0.25, 0.3) is 0 Å². The second-order valence-electron chi connectivity index (χ2n) is 7.22. The number of nitrogens with zero attached hydrogens (tertiary/aromatic N) is 2. The number of nitrogens with one attached hydrogen (secondary N) is 1. The van der Waals surface area contributed by atoms with E-state index in [1.54, 1.807) is 0 Å². The van der Waals surface area contributed by atoms with E-state index in [1.165, 1.54) is 36.6 Å². The van der Waals surface area contributed by atoms with Crippen LogP contribution in [0.2, 0.25) is 0 Å². The Morgan fingerprint density at radius 3 is 2.84 bits per heavy atom. The highest BCUT2D eigenvalue weighted by Crippen LogP contribution is 2.38. The standard InChI is InChI=1S/C15H29N3S/c1-12-7-6-8-15(9-12)11-19-13(17-15)16-10-14(2,3)18(4)5/h12H,6-11H2,1-5H3,(H,16,17). The zero-order valence-corrected chi connectivity index (χ0v) is 13.9. The van der Waals surface area contributed by atoms with Gasteiger partial charge in [0, 0.05) is 16.8 Å². The summed E-state index contributed by atoms with van der Waals surface area (Å²) in [6, 6.07) is 0. The van der Waals surface area contributed by atoms with Gasteiger partial charge in [-0.05, 0) is 46.7 Å². The zero-order chi connectivity index (χ0) is 14.1. The van der Waals surface area contributed by atoms with Crippen LogP contribution in [0.1, 0.15) is 46.5 Å². The smallest absolute Gasteiger partial charge is 0.157 e. The molecule has 1 saturated carbocycles. The van der Waals surface area contributed by atoms with E-state index in [0.29, 0.717) is 5.54 Å². The van der Waals surface area contributed by atoms with Gasteiger partial charge in [-0.1, -0.05) is 31.5 Å². The van der Waals surface area contributed by atoms with Crippen LogP contribution in [-0.2, 0) is 0 Å². The van der Waals surface area contributed by atoms with Crippen LogP contribution in [-0.4, -0.2) is 47.5 Å². The van der Waals surface area contributed by atoms with Crippen molar-refractivity contribution in [2.75, 3.05) is 26.4 Å². The summed E-state index contributed by atoms with van der Waals surface area (Å²) in [5.41, 5.74) is 0.480. The summed E-state index contributed by atoms with van der Waals surface area (Å²) < 4.78 is 0. The fourth-order valence-corrected chi connectivity index (χ4v) is 4.09. The molecule has 2 aliphatic rings. The quantitative estimate of drug-likeness (QED) is 0.863. The van der Waals surface area contributed by atoms with Crippen molar-refractivity contribution >= 4 is 16.9 Å². The average Bonchev–Trinajstić information content (AvgIpc) is 2.69. The van der Waals surface area contributed by atoms with E-state index in [0.717, 1.165) is 12.5 Å². The Kier molecular flexibility index (Phi) is 4.51. The minimum absolute atomic E-state index is 0.130. The molecule has 0 bridgehead atoms. The molecule has 0 aromatic heterocycles. The zero-order valence-electron chi connectivity index (χ0n) is 13.1. The number of thioether (sulfide) groups is 1. The van der Waals surface area contributed by atoms with Crippen molar-refractivity contribution < 1.29 is 0 Å². The van der Waals surface area contributed by atoms with Gasteiger partial charge < -0.3 is 10.2 Å². The summed E-state index contributed by atoms with van der Waals surface area (Å²) in [7, 11) is 4.25. The van der Waals surface area contributed by atoms with Crippen molar-refractivity contribution in [3.63, 3.8) is 0 Å². The second-order valence-corrected chi connectivity index (χ2v) is 8.19. The summed E-state index contributed by atoms with van der Waals surface area (Å²) in [4.78, 5) is 7.06. The van der Waals surface area contributed by atoms with Crippen LogP contribution in [0.4, 0.5) is 0 Å². The highest BCUT2D eigenvalue weighted by atomic mass is 32.2. The van der Waals surface area contributed by atoms with Crippen LogP contribution in [0.3, 0.4) is 0 Å². The summed E-state index contributed by atoms with van der Waals surface area (Å²) >= 11 is 1.92. The van der Waals surface area contributed by atoms with Crippen molar-refractivity contribution in [2.24, 2.45) is 10.9 Å². The van der Waals surface area contributed by atoms with E-state index in [9.17, 15) is 0 Å². The third kappa shape index (κ3) is 3.66. The second kappa shape index (κ2) is 5.65. The highest BCUT2D eigenvalue weighted by molar-refractivity contribution is 8.14. The molecular formula is C15H29N3S. The summed E-state index contributed by atoms with van der Waals surface area (Å²) in [5, 5.41) is 4.91. The van der Waals surface area contributed by atoms with Crippen molar-refractivity contribution in [2.45, 2.75) is 57.5 Å². The minimum Gasteiger partial charge on any atom is -0.359 e. The third-order valence-corrected chi connectivity index (χ3v) is 5.97. The van der Waals surface area contributed by atoms with E-state index in [2.05, 4.69) is 45.1 Å². The predicted octanol–water partition coefficient (Wildman–Crippen LogP) is 2.97. The van der Waals surface area contributed by atoms with E-state index >= 15 is 0 Å². The molecule has 0 amide bonds. The van der Waals surface area contributed by atoms with Gasteiger partial charge in [0.1, 0.15) is 0 Å². The summed E-state index contributed by atoms with van der Waals surface area (Å²) in [6.07, 6.45) is 5.40. The summed E-state index contributed by atoms with van der Waals surface area (Å²) in [5.74, 6) is 2.07. The predicted molar refractivity (Wildman–Crippen MR) is 86.0 cm³/mol. The molecule has 1 heterocycles. The molecule has 110 valence electrons. The SMILES string of the molecule is CC1CCCC2(CSC(=NCC(C)(C)N(C)C)N2)C1. The van der Waals surface area contributed by atoms with Crippen LogP contribution in [0.15, 0.2) is 4.99 Å². The molecule has 1 spiro atoms. The lowest BCUT2D eigenvalue weighted by Gasteiger charge is -2.36. The Hall–Kier alpha value is -0.220. The van der Waals surface area contributed by atoms with Crippen LogP contribution in [0.5, 0.6) is 0 Å². The molecule has 0 aromatic carbocycles. The number of amidine groups is 1. The largest absolute Gasteiger partial charge is 0.359 e. The maximum atomic E-state index is 4.82. The Morgan fingerprint density at radius 2 is 2.21 bits per heavy atom. The molecule has 1 saturated heterocycles. The Morgan fingerprint density at radius 1 is 1.47 bits per heavy atom.